The Morgan fingerprint density at radius 2 is 2.21 bits per heavy atom. The van der Waals surface area contributed by atoms with Crippen LogP contribution < -0.4 is 5.32 Å². The van der Waals surface area contributed by atoms with Gasteiger partial charge in [-0.3, -0.25) is 4.79 Å². The first-order valence-electron chi connectivity index (χ1n) is 5.64. The fourth-order valence-corrected chi connectivity index (χ4v) is 1.97. The van der Waals surface area contributed by atoms with Gasteiger partial charge in [-0.2, -0.15) is 0 Å². The topological polar surface area (TPSA) is 38.3 Å². The van der Waals surface area contributed by atoms with E-state index in [9.17, 15) is 4.79 Å². The van der Waals surface area contributed by atoms with Gasteiger partial charge < -0.3 is 10.1 Å². The minimum Gasteiger partial charge on any atom is -0.465 e. The van der Waals surface area contributed by atoms with E-state index < -0.39 is 0 Å². The number of rotatable bonds is 4. The molecule has 0 spiro atoms. The Morgan fingerprint density at radius 3 is 2.79 bits per heavy atom. The molecule has 1 saturated carbocycles. The van der Waals surface area contributed by atoms with Crippen molar-refractivity contribution in [1.82, 2.24) is 5.32 Å². The summed E-state index contributed by atoms with van der Waals surface area (Å²) in [6, 6.07) is 0. The molecule has 3 heteroatoms. The Morgan fingerprint density at radius 1 is 1.43 bits per heavy atom. The summed E-state index contributed by atoms with van der Waals surface area (Å²) in [6.45, 7) is 4.48. The van der Waals surface area contributed by atoms with E-state index in [4.69, 9.17) is 4.74 Å². The molecule has 2 rings (SSSR count). The average molecular weight is 197 g/mol. The lowest BCUT2D eigenvalue weighted by molar-refractivity contribution is -0.149. The third-order valence-electron chi connectivity index (χ3n) is 3.29. The first-order chi connectivity index (χ1) is 6.77. The molecule has 2 aliphatic rings. The summed E-state index contributed by atoms with van der Waals surface area (Å²) < 4.78 is 5.27. The Labute approximate surface area is 85.2 Å². The minimum absolute atomic E-state index is 0.00292. The number of ether oxygens (including phenoxy) is 1. The van der Waals surface area contributed by atoms with E-state index in [1.807, 2.05) is 0 Å². The molecule has 0 bridgehead atoms. The first kappa shape index (κ1) is 9.97. The number of esters is 1. The van der Waals surface area contributed by atoms with Crippen molar-refractivity contribution in [2.45, 2.75) is 26.2 Å². The largest absolute Gasteiger partial charge is 0.465 e. The maximum absolute atomic E-state index is 11.6. The summed E-state index contributed by atoms with van der Waals surface area (Å²) in [5.74, 6) is 1.38. The average Bonchev–Trinajstić information content (AvgIpc) is 2.87. The fraction of sp³-hybridized carbons (Fsp3) is 0.909. The van der Waals surface area contributed by atoms with Crippen molar-refractivity contribution in [3.63, 3.8) is 0 Å². The van der Waals surface area contributed by atoms with Crippen LogP contribution in [0.3, 0.4) is 0 Å². The maximum atomic E-state index is 11.6. The highest BCUT2D eigenvalue weighted by Crippen LogP contribution is 2.32. The van der Waals surface area contributed by atoms with Gasteiger partial charge in [0, 0.05) is 6.54 Å². The van der Waals surface area contributed by atoms with Gasteiger partial charge in [0.2, 0.25) is 0 Å². The number of hydrogen-bond acceptors (Lipinski definition) is 3. The van der Waals surface area contributed by atoms with Gasteiger partial charge in [0.1, 0.15) is 0 Å². The number of nitrogens with one attached hydrogen (secondary N) is 1. The van der Waals surface area contributed by atoms with Gasteiger partial charge in [-0.25, -0.2) is 0 Å². The predicted octanol–water partition coefficient (Wildman–Crippen LogP) is 1.19. The van der Waals surface area contributed by atoms with Gasteiger partial charge >= 0.3 is 5.97 Å². The van der Waals surface area contributed by atoms with Gasteiger partial charge in [0.15, 0.2) is 0 Å². The molecule has 1 aliphatic heterocycles. The molecule has 3 nitrogen and oxygen atoms in total. The second-order valence-electron chi connectivity index (χ2n) is 4.64. The van der Waals surface area contributed by atoms with Crippen molar-refractivity contribution < 1.29 is 9.53 Å². The molecule has 2 fully saturated rings. The Hall–Kier alpha value is -0.570. The van der Waals surface area contributed by atoms with Crippen LogP contribution in [-0.2, 0) is 9.53 Å². The molecular weight excluding hydrogens is 178 g/mol. The number of carbonyl (C=O) groups excluding carboxylic acids is 1. The molecule has 0 radical (unpaired) electrons. The highest BCUT2D eigenvalue weighted by atomic mass is 16.5. The van der Waals surface area contributed by atoms with E-state index in [1.165, 1.54) is 12.8 Å². The van der Waals surface area contributed by atoms with Crippen LogP contribution in [0.15, 0.2) is 0 Å². The standard InChI is InChI=1S/C11H19NO2/c1-8-6-12-7-10(8)11(13)14-5-4-9-2-3-9/h8-10,12H,2-7H2,1H3/t8-,10-/m1/s1. The van der Waals surface area contributed by atoms with Gasteiger partial charge in [-0.05, 0) is 24.8 Å². The van der Waals surface area contributed by atoms with Gasteiger partial charge in [-0.1, -0.05) is 19.8 Å². The Kier molecular flexibility index (Phi) is 3.06. The SMILES string of the molecule is C[C@@H]1CNC[C@H]1C(=O)OCCC1CC1. The van der Waals surface area contributed by atoms with E-state index in [-0.39, 0.29) is 11.9 Å². The first-order valence-corrected chi connectivity index (χ1v) is 5.64. The molecule has 0 aromatic carbocycles. The summed E-state index contributed by atoms with van der Waals surface area (Å²) in [7, 11) is 0. The zero-order chi connectivity index (χ0) is 9.97. The van der Waals surface area contributed by atoms with Crippen molar-refractivity contribution in [3.8, 4) is 0 Å². The number of hydrogen-bond donors (Lipinski definition) is 1. The van der Waals surface area contributed by atoms with E-state index in [0.29, 0.717) is 12.5 Å². The summed E-state index contributed by atoms with van der Waals surface area (Å²) in [4.78, 5) is 11.6. The van der Waals surface area contributed by atoms with E-state index in [1.54, 1.807) is 0 Å². The molecule has 1 aliphatic carbocycles. The van der Waals surface area contributed by atoms with Crippen LogP contribution in [0.1, 0.15) is 26.2 Å². The van der Waals surface area contributed by atoms with Crippen LogP contribution in [0.4, 0.5) is 0 Å². The van der Waals surface area contributed by atoms with Crippen LogP contribution >= 0.6 is 0 Å². The van der Waals surface area contributed by atoms with Crippen molar-refractivity contribution in [3.05, 3.63) is 0 Å². The second-order valence-corrected chi connectivity index (χ2v) is 4.64. The van der Waals surface area contributed by atoms with Crippen LogP contribution in [-0.4, -0.2) is 25.7 Å². The van der Waals surface area contributed by atoms with E-state index in [2.05, 4.69) is 12.2 Å². The molecule has 1 heterocycles. The lowest BCUT2D eigenvalue weighted by Gasteiger charge is -2.12. The van der Waals surface area contributed by atoms with Crippen molar-refractivity contribution in [1.29, 1.82) is 0 Å². The Bertz CT molecular complexity index is 213. The van der Waals surface area contributed by atoms with Crippen molar-refractivity contribution in [2.24, 2.45) is 17.8 Å². The van der Waals surface area contributed by atoms with E-state index in [0.717, 1.165) is 25.4 Å². The molecule has 0 amide bonds. The molecule has 14 heavy (non-hydrogen) atoms. The van der Waals surface area contributed by atoms with Gasteiger partial charge in [0.25, 0.3) is 0 Å². The fourth-order valence-electron chi connectivity index (χ4n) is 1.97. The smallest absolute Gasteiger partial charge is 0.310 e. The summed E-state index contributed by atoms with van der Waals surface area (Å²) >= 11 is 0. The third-order valence-corrected chi connectivity index (χ3v) is 3.29. The van der Waals surface area contributed by atoms with E-state index >= 15 is 0 Å². The lowest BCUT2D eigenvalue weighted by atomic mass is 9.99. The van der Waals surface area contributed by atoms with Crippen LogP contribution in [0, 0.1) is 17.8 Å². The predicted molar refractivity (Wildman–Crippen MR) is 53.8 cm³/mol. The minimum atomic E-state index is 0.00292. The second kappa shape index (κ2) is 4.30. The summed E-state index contributed by atoms with van der Waals surface area (Å²) in [5.41, 5.74) is 0. The highest BCUT2D eigenvalue weighted by molar-refractivity contribution is 5.73. The third kappa shape index (κ3) is 2.47. The number of carbonyl (C=O) groups is 1. The molecule has 80 valence electrons. The Balaban J connectivity index is 1.65. The van der Waals surface area contributed by atoms with Gasteiger partial charge in [-0.15, -0.1) is 0 Å². The highest BCUT2D eigenvalue weighted by Gasteiger charge is 2.31. The van der Waals surface area contributed by atoms with Crippen molar-refractivity contribution >= 4 is 5.97 Å². The van der Waals surface area contributed by atoms with Crippen molar-refractivity contribution in [2.75, 3.05) is 19.7 Å². The van der Waals surface area contributed by atoms with Crippen LogP contribution in [0.2, 0.25) is 0 Å². The molecule has 0 aromatic rings. The summed E-state index contributed by atoms with van der Waals surface area (Å²) in [6.07, 6.45) is 3.73. The molecule has 1 N–H and O–H groups in total. The molecule has 0 aromatic heterocycles. The monoisotopic (exact) mass is 197 g/mol. The molecule has 1 saturated heterocycles. The quantitative estimate of drug-likeness (QED) is 0.688. The van der Waals surface area contributed by atoms with Gasteiger partial charge in [0.05, 0.1) is 12.5 Å². The van der Waals surface area contributed by atoms with Crippen LogP contribution in [0.25, 0.3) is 0 Å². The normalized spacial score (nSPS) is 31.8. The maximum Gasteiger partial charge on any atom is 0.310 e. The molecule has 2 atom stereocenters. The zero-order valence-corrected chi connectivity index (χ0v) is 8.79. The van der Waals surface area contributed by atoms with Crippen LogP contribution in [0.5, 0.6) is 0 Å². The lowest BCUT2D eigenvalue weighted by Crippen LogP contribution is -2.24. The molecular formula is C11H19NO2. The zero-order valence-electron chi connectivity index (χ0n) is 8.79. The molecule has 0 unspecified atom stereocenters. The summed E-state index contributed by atoms with van der Waals surface area (Å²) in [5, 5.41) is 3.21.